The van der Waals surface area contributed by atoms with Crippen LogP contribution in [0.4, 0.5) is 0 Å². The molecule has 1 aliphatic rings. The number of ketones is 1. The van der Waals surface area contributed by atoms with Crippen molar-refractivity contribution in [1.29, 1.82) is 0 Å². The maximum Gasteiger partial charge on any atom is 0.180 e. The molecule has 19 heavy (non-hydrogen) atoms. The van der Waals surface area contributed by atoms with Gasteiger partial charge in [-0.15, -0.1) is 0 Å². The molecule has 1 aromatic carbocycles. The minimum atomic E-state index is -0.175. The lowest BCUT2D eigenvalue weighted by molar-refractivity contribution is 0.0718. The molecule has 1 N–H and O–H groups in total. The number of carbonyl (C=O) groups excluding carboxylic acids is 1. The van der Waals surface area contributed by atoms with E-state index in [4.69, 9.17) is 0 Å². The number of hydrazine groups is 1. The first kappa shape index (κ1) is 14.2. The molecule has 1 aliphatic heterocycles. The summed E-state index contributed by atoms with van der Waals surface area (Å²) in [6.45, 7) is 7.96. The molecule has 0 spiro atoms. The van der Waals surface area contributed by atoms with E-state index < -0.39 is 0 Å². The molecular formula is C15H23N3O. The zero-order valence-corrected chi connectivity index (χ0v) is 12.0. The highest BCUT2D eigenvalue weighted by Crippen LogP contribution is 2.07. The Labute approximate surface area is 115 Å². The Balaban J connectivity index is 1.90. The van der Waals surface area contributed by atoms with Crippen molar-refractivity contribution in [2.45, 2.75) is 19.9 Å². The normalized spacial score (nSPS) is 19.3. The van der Waals surface area contributed by atoms with Gasteiger partial charge in [0.05, 0.1) is 6.04 Å². The fourth-order valence-corrected chi connectivity index (χ4v) is 2.24. The van der Waals surface area contributed by atoms with E-state index in [1.807, 2.05) is 38.1 Å². The third-order valence-corrected chi connectivity index (χ3v) is 3.61. The SMILES string of the molecule is Cc1ccc(C(=O)C(C)NN2CCN(C)CC2)cc1. The molecule has 0 aliphatic carbocycles. The standard InChI is InChI=1S/C15H23N3O/c1-12-4-6-14(7-5-12)15(19)13(2)16-18-10-8-17(3)9-11-18/h4-7,13,16H,8-11H2,1-3H3. The minimum absolute atomic E-state index is 0.152. The van der Waals surface area contributed by atoms with Crippen LogP contribution in [0.1, 0.15) is 22.8 Å². The Kier molecular flexibility index (Phi) is 4.69. The lowest BCUT2D eigenvalue weighted by Gasteiger charge is -2.34. The van der Waals surface area contributed by atoms with E-state index in [1.54, 1.807) is 0 Å². The Morgan fingerprint density at radius 3 is 2.32 bits per heavy atom. The van der Waals surface area contributed by atoms with E-state index in [2.05, 4.69) is 22.4 Å². The van der Waals surface area contributed by atoms with Gasteiger partial charge < -0.3 is 4.90 Å². The van der Waals surface area contributed by atoms with Crippen molar-refractivity contribution in [2.75, 3.05) is 33.2 Å². The summed E-state index contributed by atoms with van der Waals surface area (Å²) in [6, 6.07) is 7.59. The largest absolute Gasteiger partial charge is 0.304 e. The molecule has 0 amide bonds. The second-order valence-corrected chi connectivity index (χ2v) is 5.37. The highest BCUT2D eigenvalue weighted by atomic mass is 16.1. The van der Waals surface area contributed by atoms with E-state index in [-0.39, 0.29) is 11.8 Å². The van der Waals surface area contributed by atoms with E-state index in [1.165, 1.54) is 5.56 Å². The van der Waals surface area contributed by atoms with Gasteiger partial charge in [-0.25, -0.2) is 10.4 Å². The van der Waals surface area contributed by atoms with Crippen molar-refractivity contribution in [3.05, 3.63) is 35.4 Å². The van der Waals surface area contributed by atoms with E-state index in [9.17, 15) is 4.79 Å². The second-order valence-electron chi connectivity index (χ2n) is 5.37. The molecule has 1 saturated heterocycles. The predicted octanol–water partition coefficient (Wildman–Crippen LogP) is 1.32. The van der Waals surface area contributed by atoms with Crippen LogP contribution in [0.25, 0.3) is 0 Å². The quantitative estimate of drug-likeness (QED) is 0.829. The van der Waals surface area contributed by atoms with Crippen molar-refractivity contribution in [3.8, 4) is 0 Å². The van der Waals surface area contributed by atoms with Gasteiger partial charge in [0.15, 0.2) is 5.78 Å². The number of likely N-dealkylation sites (N-methyl/N-ethyl adjacent to an activating group) is 1. The summed E-state index contributed by atoms with van der Waals surface area (Å²) in [5.41, 5.74) is 5.26. The summed E-state index contributed by atoms with van der Waals surface area (Å²) < 4.78 is 0. The molecule has 4 heteroatoms. The van der Waals surface area contributed by atoms with Crippen molar-refractivity contribution >= 4 is 5.78 Å². The molecule has 0 aromatic heterocycles. The average Bonchev–Trinajstić information content (AvgIpc) is 2.41. The second kappa shape index (κ2) is 6.28. The van der Waals surface area contributed by atoms with E-state index in [0.29, 0.717) is 0 Å². The number of aryl methyl sites for hydroxylation is 1. The fraction of sp³-hybridized carbons (Fsp3) is 0.533. The van der Waals surface area contributed by atoms with Gasteiger partial charge >= 0.3 is 0 Å². The number of hydrogen-bond acceptors (Lipinski definition) is 4. The molecule has 4 nitrogen and oxygen atoms in total. The summed E-state index contributed by atoms with van der Waals surface area (Å²) in [5.74, 6) is 0.152. The van der Waals surface area contributed by atoms with Crippen LogP contribution in [0, 0.1) is 6.92 Å². The average molecular weight is 261 g/mol. The number of benzene rings is 1. The maximum atomic E-state index is 12.3. The summed E-state index contributed by atoms with van der Waals surface area (Å²) in [4.78, 5) is 14.6. The van der Waals surface area contributed by atoms with Gasteiger partial charge in [-0.2, -0.15) is 0 Å². The number of hydrogen-bond donors (Lipinski definition) is 1. The highest BCUT2D eigenvalue weighted by molar-refractivity contribution is 5.99. The number of carbonyl (C=O) groups is 1. The summed E-state index contributed by atoms with van der Waals surface area (Å²) in [6.07, 6.45) is 0. The Morgan fingerprint density at radius 1 is 1.16 bits per heavy atom. The molecule has 0 bridgehead atoms. The molecule has 1 fully saturated rings. The fourth-order valence-electron chi connectivity index (χ4n) is 2.24. The number of Topliss-reactive ketones (excluding diaryl/α,β-unsaturated/α-hetero) is 1. The Hall–Kier alpha value is -1.23. The first-order chi connectivity index (χ1) is 9.06. The van der Waals surface area contributed by atoms with Crippen molar-refractivity contribution < 1.29 is 4.79 Å². The number of piperazine rings is 1. The van der Waals surface area contributed by atoms with Crippen LogP contribution < -0.4 is 5.43 Å². The molecule has 0 radical (unpaired) electrons. The number of nitrogens with one attached hydrogen (secondary N) is 1. The van der Waals surface area contributed by atoms with Crippen LogP contribution in [-0.4, -0.2) is 55.0 Å². The molecule has 0 saturated carbocycles. The van der Waals surface area contributed by atoms with Gasteiger partial charge in [0.25, 0.3) is 0 Å². The topological polar surface area (TPSA) is 35.6 Å². The molecule has 2 rings (SSSR count). The smallest absolute Gasteiger partial charge is 0.180 e. The van der Waals surface area contributed by atoms with Crippen LogP contribution in [0.3, 0.4) is 0 Å². The summed E-state index contributed by atoms with van der Waals surface area (Å²) >= 11 is 0. The number of nitrogens with zero attached hydrogens (tertiary/aromatic N) is 2. The Bertz CT molecular complexity index is 422. The zero-order chi connectivity index (χ0) is 13.8. The molecule has 1 heterocycles. The highest BCUT2D eigenvalue weighted by Gasteiger charge is 2.20. The first-order valence-corrected chi connectivity index (χ1v) is 6.87. The van der Waals surface area contributed by atoms with Crippen LogP contribution in [0.15, 0.2) is 24.3 Å². The van der Waals surface area contributed by atoms with Gasteiger partial charge in [-0.3, -0.25) is 4.79 Å². The van der Waals surface area contributed by atoms with E-state index >= 15 is 0 Å². The van der Waals surface area contributed by atoms with Crippen molar-refractivity contribution in [3.63, 3.8) is 0 Å². The lowest BCUT2D eigenvalue weighted by atomic mass is 10.0. The third-order valence-electron chi connectivity index (χ3n) is 3.61. The maximum absolute atomic E-state index is 12.3. The van der Waals surface area contributed by atoms with Crippen LogP contribution in [0.2, 0.25) is 0 Å². The monoisotopic (exact) mass is 261 g/mol. The molecular weight excluding hydrogens is 238 g/mol. The van der Waals surface area contributed by atoms with Crippen LogP contribution in [0.5, 0.6) is 0 Å². The van der Waals surface area contributed by atoms with Crippen LogP contribution >= 0.6 is 0 Å². The van der Waals surface area contributed by atoms with Gasteiger partial charge in [0.1, 0.15) is 0 Å². The lowest BCUT2D eigenvalue weighted by Crippen LogP contribution is -2.54. The summed E-state index contributed by atoms with van der Waals surface area (Å²) in [5, 5.41) is 2.15. The molecule has 1 atom stereocenters. The van der Waals surface area contributed by atoms with Gasteiger partial charge in [0.2, 0.25) is 0 Å². The van der Waals surface area contributed by atoms with Crippen molar-refractivity contribution in [2.24, 2.45) is 0 Å². The van der Waals surface area contributed by atoms with Gasteiger partial charge in [-0.1, -0.05) is 29.8 Å². The molecule has 104 valence electrons. The van der Waals surface area contributed by atoms with E-state index in [0.717, 1.165) is 31.7 Å². The zero-order valence-electron chi connectivity index (χ0n) is 12.0. The number of rotatable bonds is 4. The van der Waals surface area contributed by atoms with Crippen LogP contribution in [-0.2, 0) is 0 Å². The molecule has 1 unspecified atom stereocenters. The minimum Gasteiger partial charge on any atom is -0.304 e. The molecule has 1 aromatic rings. The van der Waals surface area contributed by atoms with Crippen molar-refractivity contribution in [1.82, 2.24) is 15.3 Å². The Morgan fingerprint density at radius 2 is 1.74 bits per heavy atom. The third kappa shape index (κ3) is 3.86. The summed E-state index contributed by atoms with van der Waals surface area (Å²) in [7, 11) is 2.12. The first-order valence-electron chi connectivity index (χ1n) is 6.87. The van der Waals surface area contributed by atoms with Gasteiger partial charge in [-0.05, 0) is 20.9 Å². The van der Waals surface area contributed by atoms with Gasteiger partial charge in [0, 0.05) is 31.7 Å². The predicted molar refractivity (Wildman–Crippen MR) is 77.2 cm³/mol.